The molecule has 0 saturated heterocycles. The van der Waals surface area contributed by atoms with Crippen LogP contribution in [0.25, 0.3) is 10.9 Å². The van der Waals surface area contributed by atoms with Crippen LogP contribution in [0.4, 0.5) is 5.69 Å². The number of nitrogens with zero attached hydrogens (tertiary/aromatic N) is 2. The van der Waals surface area contributed by atoms with Crippen LogP contribution >= 0.6 is 11.9 Å². The number of H-pyrrole nitrogens is 1. The second kappa shape index (κ2) is 5.54. The largest absolute Gasteiger partial charge is 0.433 e. The van der Waals surface area contributed by atoms with E-state index in [9.17, 15) is 0 Å². The highest BCUT2D eigenvalue weighted by Crippen LogP contribution is 2.31. The molecule has 0 radical (unpaired) electrons. The first-order chi connectivity index (χ1) is 10.2. The lowest BCUT2D eigenvalue weighted by Gasteiger charge is -2.06. The van der Waals surface area contributed by atoms with E-state index in [0.717, 1.165) is 34.5 Å². The number of nitrogens with one attached hydrogen (secondary N) is 2. The molecular formula is C15H14N4OS. The van der Waals surface area contributed by atoms with E-state index < -0.39 is 0 Å². The summed E-state index contributed by atoms with van der Waals surface area (Å²) < 4.78 is 8.79. The van der Waals surface area contributed by atoms with Gasteiger partial charge in [-0.2, -0.15) is 5.26 Å². The number of aromatic amines is 1. The zero-order valence-corrected chi connectivity index (χ0v) is 12.5. The van der Waals surface area contributed by atoms with Crippen molar-refractivity contribution in [3.05, 3.63) is 41.5 Å². The van der Waals surface area contributed by atoms with Gasteiger partial charge in [-0.25, -0.2) is 4.98 Å². The van der Waals surface area contributed by atoms with E-state index in [-0.39, 0.29) is 0 Å². The molecule has 0 saturated carbocycles. The first kappa shape index (κ1) is 13.6. The lowest BCUT2D eigenvalue weighted by molar-refractivity contribution is 0.428. The zero-order valence-electron chi connectivity index (χ0n) is 11.7. The first-order valence-corrected chi connectivity index (χ1v) is 7.43. The number of aryl methyl sites for hydroxylation is 2. The molecule has 0 spiro atoms. The average molecular weight is 298 g/mol. The summed E-state index contributed by atoms with van der Waals surface area (Å²) in [4.78, 5) is 7.32. The molecule has 1 aromatic carbocycles. The van der Waals surface area contributed by atoms with Gasteiger partial charge in [-0.3, -0.25) is 0 Å². The fourth-order valence-electron chi connectivity index (χ4n) is 2.20. The Balaban J connectivity index is 1.89. The quantitative estimate of drug-likeness (QED) is 0.711. The highest BCUT2D eigenvalue weighted by molar-refractivity contribution is 8.00. The van der Waals surface area contributed by atoms with Crippen LogP contribution in [-0.4, -0.2) is 9.97 Å². The van der Waals surface area contributed by atoms with Gasteiger partial charge in [-0.05, 0) is 18.6 Å². The van der Waals surface area contributed by atoms with Gasteiger partial charge in [-0.1, -0.05) is 13.0 Å². The van der Waals surface area contributed by atoms with Gasteiger partial charge in [0.25, 0.3) is 0 Å². The SMILES string of the molecule is CCc1ncc(SNc2ccc(C)c3c(C#N)c[nH]c23)o1. The van der Waals surface area contributed by atoms with Gasteiger partial charge in [0.15, 0.2) is 5.89 Å². The van der Waals surface area contributed by atoms with Gasteiger partial charge in [-0.15, -0.1) is 0 Å². The van der Waals surface area contributed by atoms with Crippen molar-refractivity contribution in [2.75, 3.05) is 4.72 Å². The first-order valence-electron chi connectivity index (χ1n) is 6.61. The van der Waals surface area contributed by atoms with E-state index in [4.69, 9.17) is 9.68 Å². The summed E-state index contributed by atoms with van der Waals surface area (Å²) in [5.41, 5.74) is 3.57. The number of hydrogen-bond acceptors (Lipinski definition) is 5. The second-order valence-electron chi connectivity index (χ2n) is 4.62. The van der Waals surface area contributed by atoms with Crippen LogP contribution in [0, 0.1) is 18.3 Å². The standard InChI is InChI=1S/C15H14N4OS/c1-3-12-17-8-13(20-12)21-19-11-5-4-9(2)14-10(6-16)7-18-15(11)14/h4-5,7-8,18-19H,3H2,1-2H3. The van der Waals surface area contributed by atoms with E-state index in [1.54, 1.807) is 12.4 Å². The van der Waals surface area contributed by atoms with Crippen LogP contribution in [0.5, 0.6) is 0 Å². The predicted molar refractivity (Wildman–Crippen MR) is 83.1 cm³/mol. The molecule has 3 rings (SSSR count). The molecule has 0 amide bonds. The summed E-state index contributed by atoms with van der Waals surface area (Å²) in [6.07, 6.45) is 4.21. The molecule has 3 aromatic rings. The van der Waals surface area contributed by atoms with Crippen molar-refractivity contribution >= 4 is 28.5 Å². The third kappa shape index (κ3) is 2.48. The maximum absolute atomic E-state index is 9.16. The third-order valence-electron chi connectivity index (χ3n) is 3.26. The van der Waals surface area contributed by atoms with Crippen LogP contribution in [0.2, 0.25) is 0 Å². The van der Waals surface area contributed by atoms with Crippen LogP contribution in [0.3, 0.4) is 0 Å². The molecule has 0 unspecified atom stereocenters. The minimum absolute atomic E-state index is 0.657. The number of nitriles is 1. The lowest BCUT2D eigenvalue weighted by atomic mass is 10.1. The molecule has 0 aliphatic carbocycles. The van der Waals surface area contributed by atoms with Crippen LogP contribution in [-0.2, 0) is 6.42 Å². The summed E-state index contributed by atoms with van der Waals surface area (Å²) in [6.45, 7) is 4.00. The number of fused-ring (bicyclic) bond motifs is 1. The lowest BCUT2D eigenvalue weighted by Crippen LogP contribution is -1.89. The van der Waals surface area contributed by atoms with Crippen LogP contribution in [0.15, 0.2) is 34.0 Å². The van der Waals surface area contributed by atoms with Gasteiger partial charge in [0.05, 0.1) is 23.0 Å². The number of benzene rings is 1. The Bertz CT molecular complexity index is 828. The molecule has 0 fully saturated rings. The Morgan fingerprint density at radius 3 is 3.05 bits per heavy atom. The molecule has 2 aromatic heterocycles. The number of hydrogen-bond donors (Lipinski definition) is 2. The van der Waals surface area contributed by atoms with Crippen molar-refractivity contribution in [3.8, 4) is 6.07 Å². The molecule has 6 heteroatoms. The molecule has 5 nitrogen and oxygen atoms in total. The average Bonchev–Trinajstić information content (AvgIpc) is 3.13. The molecule has 0 atom stereocenters. The number of oxazole rings is 1. The highest BCUT2D eigenvalue weighted by Gasteiger charge is 2.11. The Hall–Kier alpha value is -2.39. The molecule has 0 aliphatic rings. The maximum Gasteiger partial charge on any atom is 0.201 e. The number of aromatic nitrogens is 2. The summed E-state index contributed by atoms with van der Waals surface area (Å²) >= 11 is 1.37. The summed E-state index contributed by atoms with van der Waals surface area (Å²) in [5.74, 6) is 0.722. The zero-order chi connectivity index (χ0) is 14.8. The van der Waals surface area contributed by atoms with Crippen LogP contribution in [0.1, 0.15) is 23.9 Å². The van der Waals surface area contributed by atoms with Gasteiger partial charge in [0, 0.05) is 30.0 Å². The second-order valence-corrected chi connectivity index (χ2v) is 5.44. The number of rotatable bonds is 4. The molecular weight excluding hydrogens is 284 g/mol. The molecule has 2 N–H and O–H groups in total. The minimum atomic E-state index is 0.657. The van der Waals surface area contributed by atoms with Crippen molar-refractivity contribution in [2.45, 2.75) is 25.4 Å². The summed E-state index contributed by atoms with van der Waals surface area (Å²) in [7, 11) is 0. The molecule has 2 heterocycles. The normalized spacial score (nSPS) is 10.7. The smallest absolute Gasteiger partial charge is 0.201 e. The highest BCUT2D eigenvalue weighted by atomic mass is 32.2. The van der Waals surface area contributed by atoms with E-state index in [2.05, 4.69) is 20.8 Å². The van der Waals surface area contributed by atoms with Crippen molar-refractivity contribution in [1.29, 1.82) is 5.26 Å². The minimum Gasteiger partial charge on any atom is -0.433 e. The van der Waals surface area contributed by atoms with Gasteiger partial charge >= 0.3 is 0 Å². The van der Waals surface area contributed by atoms with Gasteiger partial charge < -0.3 is 14.1 Å². The topological polar surface area (TPSA) is 77.6 Å². The fourth-order valence-corrected chi connectivity index (χ4v) is 2.83. The molecule has 0 aliphatic heterocycles. The Morgan fingerprint density at radius 2 is 2.33 bits per heavy atom. The molecule has 21 heavy (non-hydrogen) atoms. The van der Waals surface area contributed by atoms with Crippen molar-refractivity contribution in [1.82, 2.24) is 9.97 Å². The van der Waals surface area contributed by atoms with Gasteiger partial charge in [0.2, 0.25) is 5.09 Å². The fraction of sp³-hybridized carbons (Fsp3) is 0.200. The van der Waals surface area contributed by atoms with Crippen molar-refractivity contribution < 1.29 is 4.42 Å². The Labute approximate surface area is 126 Å². The van der Waals surface area contributed by atoms with Crippen molar-refractivity contribution in [2.24, 2.45) is 0 Å². The molecule has 0 bridgehead atoms. The predicted octanol–water partition coefficient (Wildman–Crippen LogP) is 4.02. The van der Waals surface area contributed by atoms with Crippen LogP contribution < -0.4 is 4.72 Å². The summed E-state index contributed by atoms with van der Waals surface area (Å²) in [5, 5.41) is 10.8. The van der Waals surface area contributed by atoms with Crippen molar-refractivity contribution in [3.63, 3.8) is 0 Å². The molecule has 106 valence electrons. The maximum atomic E-state index is 9.16. The monoisotopic (exact) mass is 298 g/mol. The third-order valence-corrected chi connectivity index (χ3v) is 3.97. The summed E-state index contributed by atoms with van der Waals surface area (Å²) in [6, 6.07) is 6.19. The van der Waals surface area contributed by atoms with E-state index in [1.807, 2.05) is 26.0 Å². The Kier molecular flexibility index (Phi) is 3.59. The van der Waals surface area contributed by atoms with E-state index in [1.165, 1.54) is 11.9 Å². The Morgan fingerprint density at radius 1 is 1.48 bits per heavy atom. The van der Waals surface area contributed by atoms with E-state index in [0.29, 0.717) is 10.7 Å². The number of anilines is 1. The van der Waals surface area contributed by atoms with Gasteiger partial charge in [0.1, 0.15) is 6.07 Å². The van der Waals surface area contributed by atoms with E-state index >= 15 is 0 Å².